The molecular formula is C26H32O3P. The Morgan fingerprint density at radius 2 is 1.40 bits per heavy atom. The third-order valence-corrected chi connectivity index (χ3v) is 8.56. The molecule has 0 heterocycles. The number of hydrogen-bond donors (Lipinski definition) is 0. The molecule has 1 radical (unpaired) electrons. The Kier molecular flexibility index (Phi) is 6.72. The SMILES string of the molecule is CCc1cccc(CC)c1C(=O)C1([P](=O)C(=O)c2c(C)cc(C)cc2C)CCCC1. The van der Waals surface area contributed by atoms with Gasteiger partial charge in [-0.25, -0.2) is 0 Å². The molecule has 2 aromatic carbocycles. The van der Waals surface area contributed by atoms with Crippen LogP contribution in [0.4, 0.5) is 0 Å². The molecule has 1 aliphatic carbocycles. The largest absolute Gasteiger partial charge is 0.293 e. The Bertz CT molecular complexity index is 968. The highest BCUT2D eigenvalue weighted by molar-refractivity contribution is 7.67. The molecule has 0 aromatic heterocycles. The van der Waals surface area contributed by atoms with E-state index in [0.29, 0.717) is 24.0 Å². The second kappa shape index (κ2) is 8.94. The molecule has 1 atom stereocenters. The van der Waals surface area contributed by atoms with E-state index < -0.39 is 13.0 Å². The van der Waals surface area contributed by atoms with Gasteiger partial charge in [0.25, 0.3) is 0 Å². The first-order valence-corrected chi connectivity index (χ1v) is 12.3. The van der Waals surface area contributed by atoms with Crippen LogP contribution in [0, 0.1) is 20.8 Å². The zero-order valence-corrected chi connectivity index (χ0v) is 19.7. The minimum Gasteiger partial charge on any atom is -0.293 e. The number of aryl methyl sites for hydroxylation is 5. The fourth-order valence-electron chi connectivity index (χ4n) is 5.06. The second-order valence-electron chi connectivity index (χ2n) is 8.60. The number of carbonyl (C=O) groups excluding carboxylic acids is 2. The predicted molar refractivity (Wildman–Crippen MR) is 123 cm³/mol. The summed E-state index contributed by atoms with van der Waals surface area (Å²) in [5.41, 5.74) is 5.61. The van der Waals surface area contributed by atoms with Gasteiger partial charge in [-0.15, -0.1) is 0 Å². The van der Waals surface area contributed by atoms with Crippen LogP contribution in [0.2, 0.25) is 0 Å². The molecule has 1 fully saturated rings. The van der Waals surface area contributed by atoms with E-state index in [1.165, 1.54) is 0 Å². The molecule has 1 saturated carbocycles. The Morgan fingerprint density at radius 3 is 1.87 bits per heavy atom. The molecule has 1 aliphatic rings. The van der Waals surface area contributed by atoms with E-state index in [2.05, 4.69) is 0 Å². The molecular weight excluding hydrogens is 391 g/mol. The van der Waals surface area contributed by atoms with Crippen LogP contribution in [0.3, 0.4) is 0 Å². The van der Waals surface area contributed by atoms with Crippen LogP contribution < -0.4 is 0 Å². The molecule has 0 aliphatic heterocycles. The summed E-state index contributed by atoms with van der Waals surface area (Å²) in [5, 5.41) is -1.08. The number of hydrogen-bond acceptors (Lipinski definition) is 3. The number of benzene rings is 2. The topological polar surface area (TPSA) is 51.2 Å². The van der Waals surface area contributed by atoms with Crippen molar-refractivity contribution in [1.82, 2.24) is 0 Å². The lowest BCUT2D eigenvalue weighted by Crippen LogP contribution is -2.35. The first-order valence-electron chi connectivity index (χ1n) is 11.0. The molecule has 2 aromatic rings. The summed E-state index contributed by atoms with van der Waals surface area (Å²) in [6.45, 7) is 9.85. The third kappa shape index (κ3) is 3.81. The molecule has 0 N–H and O–H groups in total. The van der Waals surface area contributed by atoms with Gasteiger partial charge in [0.1, 0.15) is 5.16 Å². The molecule has 30 heavy (non-hydrogen) atoms. The fraction of sp³-hybridized carbons (Fsp3) is 0.462. The zero-order valence-electron chi connectivity index (χ0n) is 18.8. The van der Waals surface area contributed by atoms with Gasteiger partial charge in [0.05, 0.1) is 0 Å². The Labute approximate surface area is 181 Å². The summed E-state index contributed by atoms with van der Waals surface area (Å²) in [7, 11) is -2.38. The van der Waals surface area contributed by atoms with E-state index in [9.17, 15) is 14.2 Å². The summed E-state index contributed by atoms with van der Waals surface area (Å²) in [6.07, 6.45) is 4.21. The lowest BCUT2D eigenvalue weighted by Gasteiger charge is -2.28. The molecule has 4 heteroatoms. The van der Waals surface area contributed by atoms with Gasteiger partial charge < -0.3 is 0 Å². The van der Waals surface area contributed by atoms with Crippen molar-refractivity contribution in [2.45, 2.75) is 78.3 Å². The lowest BCUT2D eigenvalue weighted by atomic mass is 9.87. The zero-order chi connectivity index (χ0) is 22.1. The van der Waals surface area contributed by atoms with Crippen LogP contribution in [0.25, 0.3) is 0 Å². The van der Waals surface area contributed by atoms with Crippen LogP contribution in [-0.4, -0.2) is 16.5 Å². The first-order chi connectivity index (χ1) is 14.3. The van der Waals surface area contributed by atoms with E-state index in [1.807, 2.05) is 65.0 Å². The summed E-state index contributed by atoms with van der Waals surface area (Å²) < 4.78 is 13.8. The Hall–Kier alpha value is -2.12. The molecule has 159 valence electrons. The van der Waals surface area contributed by atoms with Crippen LogP contribution in [-0.2, 0) is 17.4 Å². The average molecular weight is 424 g/mol. The predicted octanol–water partition coefficient (Wildman–Crippen LogP) is 6.90. The van der Waals surface area contributed by atoms with Crippen molar-refractivity contribution in [3.63, 3.8) is 0 Å². The van der Waals surface area contributed by atoms with Crippen molar-refractivity contribution >= 4 is 19.1 Å². The molecule has 1 unspecified atom stereocenters. The highest BCUT2D eigenvalue weighted by atomic mass is 31.1. The highest BCUT2D eigenvalue weighted by Gasteiger charge is 2.51. The average Bonchev–Trinajstić information content (AvgIpc) is 3.22. The smallest absolute Gasteiger partial charge is 0.243 e. The number of ketones is 1. The Morgan fingerprint density at radius 1 is 0.900 bits per heavy atom. The van der Waals surface area contributed by atoms with Gasteiger partial charge in [0, 0.05) is 11.1 Å². The monoisotopic (exact) mass is 423 g/mol. The van der Waals surface area contributed by atoms with E-state index in [-0.39, 0.29) is 11.3 Å². The van der Waals surface area contributed by atoms with Crippen LogP contribution in [0.15, 0.2) is 30.3 Å². The van der Waals surface area contributed by atoms with Gasteiger partial charge in [-0.05, 0) is 68.7 Å². The van der Waals surface area contributed by atoms with Gasteiger partial charge in [-0.2, -0.15) is 0 Å². The summed E-state index contributed by atoms with van der Waals surface area (Å²) in [4.78, 5) is 27.5. The molecule has 3 nitrogen and oxygen atoms in total. The van der Waals surface area contributed by atoms with E-state index in [4.69, 9.17) is 0 Å². The van der Waals surface area contributed by atoms with Crippen molar-refractivity contribution < 1.29 is 14.2 Å². The van der Waals surface area contributed by atoms with Crippen molar-refractivity contribution in [3.05, 3.63) is 69.3 Å². The summed E-state index contributed by atoms with van der Waals surface area (Å²) in [6, 6.07) is 9.86. The standard InChI is InChI=1S/C26H32O3P/c1-6-20-11-10-12-21(7-2)23(20)24(27)26(13-8-9-14-26)30(29)25(28)22-18(4)15-17(3)16-19(22)5/h10-12,15-16H,6-9,13-14H2,1-5H3. The molecule has 0 amide bonds. The van der Waals surface area contributed by atoms with Gasteiger partial charge in [0.2, 0.25) is 5.52 Å². The molecule has 0 spiro atoms. The normalized spacial score (nSPS) is 15.8. The van der Waals surface area contributed by atoms with Crippen LogP contribution in [0.1, 0.15) is 88.1 Å². The highest BCUT2D eigenvalue weighted by Crippen LogP contribution is 2.54. The van der Waals surface area contributed by atoms with E-state index in [0.717, 1.165) is 53.5 Å². The summed E-state index contributed by atoms with van der Waals surface area (Å²) in [5.74, 6) is -0.0776. The van der Waals surface area contributed by atoms with Crippen molar-refractivity contribution in [1.29, 1.82) is 0 Å². The summed E-state index contributed by atoms with van der Waals surface area (Å²) >= 11 is 0. The molecule has 0 bridgehead atoms. The van der Waals surface area contributed by atoms with Crippen molar-refractivity contribution in [2.24, 2.45) is 0 Å². The van der Waals surface area contributed by atoms with Crippen molar-refractivity contribution in [3.8, 4) is 0 Å². The first kappa shape index (κ1) is 22.6. The fourth-order valence-corrected chi connectivity index (χ4v) is 7.03. The third-order valence-electron chi connectivity index (χ3n) is 6.54. The molecule has 0 saturated heterocycles. The van der Waals surface area contributed by atoms with Gasteiger partial charge >= 0.3 is 0 Å². The van der Waals surface area contributed by atoms with E-state index in [1.54, 1.807) is 0 Å². The number of carbonyl (C=O) groups is 2. The van der Waals surface area contributed by atoms with Gasteiger partial charge in [-0.1, -0.05) is 62.6 Å². The van der Waals surface area contributed by atoms with Gasteiger partial charge in [0.15, 0.2) is 13.6 Å². The quantitative estimate of drug-likeness (QED) is 0.359. The minimum absolute atomic E-state index is 0.0776. The lowest BCUT2D eigenvalue weighted by molar-refractivity contribution is 0.0929. The van der Waals surface area contributed by atoms with Crippen LogP contribution >= 0.6 is 7.80 Å². The Balaban J connectivity index is 2.11. The van der Waals surface area contributed by atoms with E-state index >= 15 is 0 Å². The maximum atomic E-state index is 14.0. The second-order valence-corrected chi connectivity index (χ2v) is 10.5. The minimum atomic E-state index is -2.38. The number of Topliss-reactive ketones (excluding diaryl/α,β-unsaturated/α-hetero) is 1. The maximum Gasteiger partial charge on any atom is 0.243 e. The van der Waals surface area contributed by atoms with Gasteiger partial charge in [-0.3, -0.25) is 14.2 Å². The van der Waals surface area contributed by atoms with Crippen LogP contribution in [0.5, 0.6) is 0 Å². The maximum absolute atomic E-state index is 14.0. The number of rotatable bonds is 7. The molecule has 3 rings (SSSR count). The van der Waals surface area contributed by atoms with Crippen molar-refractivity contribution in [2.75, 3.05) is 0 Å².